The van der Waals surface area contributed by atoms with Crippen LogP contribution in [-0.2, 0) is 9.84 Å². The number of carbonyl (C=O) groups is 1. The van der Waals surface area contributed by atoms with Gasteiger partial charge in [0.25, 0.3) is 5.91 Å². The zero-order valence-electron chi connectivity index (χ0n) is 11.7. The van der Waals surface area contributed by atoms with Gasteiger partial charge in [0.15, 0.2) is 15.5 Å². The number of amides is 1. The summed E-state index contributed by atoms with van der Waals surface area (Å²) in [4.78, 5) is 11.7. The normalized spacial score (nSPS) is 11.7. The smallest absolute Gasteiger partial charge is 0.269 e. The summed E-state index contributed by atoms with van der Waals surface area (Å²) in [6.07, 6.45) is 1.15. The summed E-state index contributed by atoms with van der Waals surface area (Å²) in [7, 11) is -3.31. The number of aromatic amines is 1. The van der Waals surface area contributed by atoms with Crippen molar-refractivity contribution in [1.82, 2.24) is 10.2 Å². The van der Waals surface area contributed by atoms with Crippen LogP contribution in [0.3, 0.4) is 0 Å². The lowest BCUT2D eigenvalue weighted by Gasteiger charge is -2.06. The first-order valence-electron chi connectivity index (χ1n) is 6.45. The van der Waals surface area contributed by atoms with Gasteiger partial charge in [-0.1, -0.05) is 24.3 Å². The Labute approximate surface area is 126 Å². The molecule has 1 amide bonds. The minimum atomic E-state index is -3.31. The van der Waals surface area contributed by atoms with Crippen molar-refractivity contribution in [3.63, 3.8) is 0 Å². The molecule has 0 atom stereocenters. The largest absolute Gasteiger partial charge is 0.364 e. The molecule has 0 aliphatic heterocycles. The lowest BCUT2D eigenvalue weighted by Crippen LogP contribution is -2.12. The maximum atomic E-state index is 11.7. The molecule has 0 unspecified atom stereocenters. The van der Waals surface area contributed by atoms with E-state index in [-0.39, 0.29) is 10.6 Å². The third-order valence-corrected chi connectivity index (χ3v) is 4.51. The Kier molecular flexibility index (Phi) is 3.22. The molecule has 0 spiro atoms. The number of primary amides is 1. The minimum absolute atomic E-state index is 0.135. The number of sulfone groups is 1. The van der Waals surface area contributed by atoms with Gasteiger partial charge in [-0.2, -0.15) is 5.10 Å². The van der Waals surface area contributed by atoms with Gasteiger partial charge in [0.2, 0.25) is 0 Å². The molecule has 0 saturated heterocycles. The van der Waals surface area contributed by atoms with Crippen LogP contribution in [0.1, 0.15) is 10.5 Å². The van der Waals surface area contributed by atoms with Gasteiger partial charge in [-0.25, -0.2) is 8.42 Å². The summed E-state index contributed by atoms with van der Waals surface area (Å²) in [6, 6.07) is 11.9. The highest BCUT2D eigenvalue weighted by Crippen LogP contribution is 2.31. The van der Waals surface area contributed by atoms with Crippen molar-refractivity contribution in [2.45, 2.75) is 4.90 Å². The van der Waals surface area contributed by atoms with Crippen molar-refractivity contribution in [1.29, 1.82) is 0 Å². The monoisotopic (exact) mass is 315 g/mol. The van der Waals surface area contributed by atoms with Crippen LogP contribution >= 0.6 is 0 Å². The van der Waals surface area contributed by atoms with Crippen LogP contribution in [-0.4, -0.2) is 30.8 Å². The minimum Gasteiger partial charge on any atom is -0.364 e. The van der Waals surface area contributed by atoms with E-state index in [1.807, 2.05) is 0 Å². The van der Waals surface area contributed by atoms with Crippen LogP contribution in [0.25, 0.3) is 22.0 Å². The van der Waals surface area contributed by atoms with Gasteiger partial charge >= 0.3 is 0 Å². The number of hydrogen-bond donors (Lipinski definition) is 2. The zero-order valence-corrected chi connectivity index (χ0v) is 12.5. The third kappa shape index (κ3) is 2.35. The quantitative estimate of drug-likeness (QED) is 0.767. The van der Waals surface area contributed by atoms with E-state index in [9.17, 15) is 13.2 Å². The lowest BCUT2D eigenvalue weighted by molar-refractivity contribution is 0.0997. The summed E-state index contributed by atoms with van der Waals surface area (Å²) < 4.78 is 23.4. The molecule has 2 aromatic carbocycles. The Bertz CT molecular complexity index is 990. The van der Waals surface area contributed by atoms with Gasteiger partial charge in [-0.15, -0.1) is 0 Å². The Morgan fingerprint density at radius 2 is 1.91 bits per heavy atom. The fraction of sp³-hybridized carbons (Fsp3) is 0.0667. The molecule has 0 aliphatic carbocycles. The van der Waals surface area contributed by atoms with Crippen molar-refractivity contribution in [3.8, 4) is 11.1 Å². The topological polar surface area (TPSA) is 106 Å². The molecule has 22 heavy (non-hydrogen) atoms. The average molecular weight is 315 g/mol. The predicted octanol–water partition coefficient (Wildman–Crippen LogP) is 1.73. The van der Waals surface area contributed by atoms with E-state index in [4.69, 9.17) is 5.73 Å². The van der Waals surface area contributed by atoms with Gasteiger partial charge in [0.1, 0.15) is 0 Å². The predicted molar refractivity (Wildman–Crippen MR) is 83.2 cm³/mol. The second kappa shape index (κ2) is 4.96. The van der Waals surface area contributed by atoms with E-state index in [0.29, 0.717) is 22.0 Å². The van der Waals surface area contributed by atoms with Crippen molar-refractivity contribution >= 4 is 26.6 Å². The molecule has 3 aromatic rings. The first-order valence-corrected chi connectivity index (χ1v) is 8.34. The number of fused-ring (bicyclic) bond motifs is 1. The molecular weight excluding hydrogens is 302 g/mol. The maximum Gasteiger partial charge on any atom is 0.269 e. The van der Waals surface area contributed by atoms with E-state index in [0.717, 1.165) is 6.26 Å². The molecule has 112 valence electrons. The molecule has 1 aromatic heterocycles. The summed E-state index contributed by atoms with van der Waals surface area (Å²) in [6.45, 7) is 0. The first kappa shape index (κ1) is 14.3. The van der Waals surface area contributed by atoms with Crippen LogP contribution in [0.4, 0.5) is 0 Å². The van der Waals surface area contributed by atoms with E-state index < -0.39 is 15.7 Å². The molecule has 3 rings (SSSR count). The number of rotatable bonds is 3. The fourth-order valence-corrected chi connectivity index (χ4v) is 3.05. The van der Waals surface area contributed by atoms with Crippen molar-refractivity contribution in [2.75, 3.05) is 6.26 Å². The molecule has 7 heteroatoms. The highest BCUT2D eigenvalue weighted by molar-refractivity contribution is 7.90. The Hall–Kier alpha value is -2.67. The Morgan fingerprint density at radius 3 is 2.59 bits per heavy atom. The summed E-state index contributed by atoms with van der Waals surface area (Å²) in [5.41, 5.74) is 7.53. The van der Waals surface area contributed by atoms with E-state index in [1.165, 1.54) is 6.07 Å². The fourth-order valence-electron chi connectivity index (χ4n) is 2.39. The molecule has 3 N–H and O–H groups in total. The molecular formula is C15H13N3O3S. The van der Waals surface area contributed by atoms with Crippen molar-refractivity contribution in [3.05, 3.63) is 48.2 Å². The van der Waals surface area contributed by atoms with Gasteiger partial charge < -0.3 is 5.73 Å². The molecule has 0 fully saturated rings. The second-order valence-electron chi connectivity index (χ2n) is 4.96. The van der Waals surface area contributed by atoms with Crippen molar-refractivity contribution < 1.29 is 13.2 Å². The highest BCUT2D eigenvalue weighted by Gasteiger charge is 2.16. The number of H-pyrrole nitrogens is 1. The zero-order chi connectivity index (χ0) is 15.9. The number of benzene rings is 2. The average Bonchev–Trinajstić information content (AvgIpc) is 2.90. The van der Waals surface area contributed by atoms with Gasteiger partial charge in [-0.05, 0) is 29.3 Å². The number of nitrogens with zero attached hydrogens (tertiary/aromatic N) is 1. The molecule has 0 radical (unpaired) electrons. The number of nitrogens with two attached hydrogens (primary N) is 1. The van der Waals surface area contributed by atoms with E-state index in [2.05, 4.69) is 10.2 Å². The summed E-state index contributed by atoms with van der Waals surface area (Å²) in [5.74, 6) is -0.641. The van der Waals surface area contributed by atoms with Crippen molar-refractivity contribution in [2.24, 2.45) is 5.73 Å². The highest BCUT2D eigenvalue weighted by atomic mass is 32.2. The summed E-state index contributed by atoms with van der Waals surface area (Å²) >= 11 is 0. The molecule has 1 heterocycles. The maximum absolute atomic E-state index is 11.7. The third-order valence-electron chi connectivity index (χ3n) is 3.40. The van der Waals surface area contributed by atoms with E-state index in [1.54, 1.807) is 36.4 Å². The number of aromatic nitrogens is 2. The van der Waals surface area contributed by atoms with Gasteiger partial charge in [-0.3, -0.25) is 9.89 Å². The van der Waals surface area contributed by atoms with E-state index >= 15 is 0 Å². The standard InChI is InChI=1S/C15H13N3O3S/c1-22(20,21)10-5-2-4-9(8-10)11-6-3-7-12-13(11)14(15(16)19)18-17-12/h2-8H,1H3,(H2,16,19)(H,17,18). The summed E-state index contributed by atoms with van der Waals surface area (Å²) in [5, 5.41) is 7.27. The van der Waals surface area contributed by atoms with Crippen LogP contribution in [0.15, 0.2) is 47.4 Å². The lowest BCUT2D eigenvalue weighted by atomic mass is 10.00. The van der Waals surface area contributed by atoms with Crippen LogP contribution in [0.2, 0.25) is 0 Å². The van der Waals surface area contributed by atoms with Crippen LogP contribution in [0, 0.1) is 0 Å². The molecule has 0 saturated carbocycles. The SMILES string of the molecule is CS(=O)(=O)c1cccc(-c2cccc3[nH]nc(C(N)=O)c23)c1. The Morgan fingerprint density at radius 1 is 1.18 bits per heavy atom. The number of carbonyl (C=O) groups excluding carboxylic acids is 1. The first-order chi connectivity index (χ1) is 10.4. The molecule has 0 aliphatic rings. The van der Waals surface area contributed by atoms with Gasteiger partial charge in [0, 0.05) is 11.6 Å². The second-order valence-corrected chi connectivity index (χ2v) is 6.98. The molecule has 0 bridgehead atoms. The number of hydrogen-bond acceptors (Lipinski definition) is 4. The molecule has 6 nitrogen and oxygen atoms in total. The van der Waals surface area contributed by atoms with Gasteiger partial charge in [0.05, 0.1) is 10.4 Å². The number of nitrogens with one attached hydrogen (secondary N) is 1. The van der Waals surface area contributed by atoms with Crippen LogP contribution in [0.5, 0.6) is 0 Å². The van der Waals surface area contributed by atoms with Crippen LogP contribution < -0.4 is 5.73 Å². The Balaban J connectivity index is 2.31.